The van der Waals surface area contributed by atoms with Gasteiger partial charge in [-0.1, -0.05) is 30.2 Å². The highest BCUT2D eigenvalue weighted by Gasteiger charge is 2.46. The van der Waals surface area contributed by atoms with Crippen molar-refractivity contribution < 1.29 is 33.0 Å². The summed E-state index contributed by atoms with van der Waals surface area (Å²) in [7, 11) is 0. The molecule has 3 N–H and O–H groups in total. The summed E-state index contributed by atoms with van der Waals surface area (Å²) in [5, 5.41) is 22.3. The number of hydrogen-bond donors (Lipinski definition) is 3. The molecule has 3 aromatic rings. The Morgan fingerprint density at radius 2 is 1.68 bits per heavy atom. The van der Waals surface area contributed by atoms with Gasteiger partial charge in [0.1, 0.15) is 22.8 Å². The van der Waals surface area contributed by atoms with Gasteiger partial charge in [0.2, 0.25) is 0 Å². The molecule has 38 heavy (non-hydrogen) atoms. The van der Waals surface area contributed by atoms with Gasteiger partial charge < -0.3 is 20.1 Å². The standard InChI is InChI=1S/C28H26F3N3O4/c1-17-32-22(12-13-26(2,3)38)23(34(17)16-18-4-8-21(9-5-18)28(29,30)31)24(35)33-27(14-15-27)20-10-6-19(7-11-20)25(36)37/h4-11,38H,14-16H2,1-3H3,(H,33,35)(H,36,37). The van der Waals surface area contributed by atoms with Gasteiger partial charge in [-0.2, -0.15) is 13.2 Å². The minimum Gasteiger partial charge on any atom is -0.478 e. The Bertz CT molecular complexity index is 1430. The van der Waals surface area contributed by atoms with Crippen LogP contribution >= 0.6 is 0 Å². The molecule has 0 saturated heterocycles. The van der Waals surface area contributed by atoms with Crippen molar-refractivity contribution in [3.05, 3.63) is 88.0 Å². The highest BCUT2D eigenvalue weighted by Crippen LogP contribution is 2.45. The van der Waals surface area contributed by atoms with Crippen molar-refractivity contribution in [3.8, 4) is 11.8 Å². The smallest absolute Gasteiger partial charge is 0.416 e. The molecule has 4 rings (SSSR count). The van der Waals surface area contributed by atoms with Crippen LogP contribution in [0.2, 0.25) is 0 Å². The number of carboxylic acids is 1. The van der Waals surface area contributed by atoms with Crippen molar-refractivity contribution in [2.24, 2.45) is 0 Å². The topological polar surface area (TPSA) is 104 Å². The minimum absolute atomic E-state index is 0.0736. The first-order valence-electron chi connectivity index (χ1n) is 11.8. The van der Waals surface area contributed by atoms with Gasteiger partial charge in [-0.3, -0.25) is 4.79 Å². The summed E-state index contributed by atoms with van der Waals surface area (Å²) in [4.78, 5) is 29.3. The Morgan fingerprint density at radius 3 is 2.18 bits per heavy atom. The molecule has 0 spiro atoms. The third-order valence-electron chi connectivity index (χ3n) is 6.27. The van der Waals surface area contributed by atoms with Gasteiger partial charge in [0.15, 0.2) is 0 Å². The molecular weight excluding hydrogens is 499 g/mol. The summed E-state index contributed by atoms with van der Waals surface area (Å²) >= 11 is 0. The number of aromatic carboxylic acids is 1. The zero-order valence-corrected chi connectivity index (χ0v) is 21.0. The number of amides is 1. The van der Waals surface area contributed by atoms with Crippen molar-refractivity contribution in [2.45, 2.75) is 57.5 Å². The van der Waals surface area contributed by atoms with Crippen LogP contribution in [-0.2, 0) is 18.3 Å². The molecule has 0 radical (unpaired) electrons. The lowest BCUT2D eigenvalue weighted by Crippen LogP contribution is -2.36. The van der Waals surface area contributed by atoms with Gasteiger partial charge in [-0.15, -0.1) is 0 Å². The fourth-order valence-electron chi connectivity index (χ4n) is 4.09. The van der Waals surface area contributed by atoms with E-state index in [2.05, 4.69) is 22.1 Å². The number of nitrogens with one attached hydrogen (secondary N) is 1. The predicted molar refractivity (Wildman–Crippen MR) is 132 cm³/mol. The number of halogens is 3. The van der Waals surface area contributed by atoms with Crippen molar-refractivity contribution >= 4 is 11.9 Å². The maximum Gasteiger partial charge on any atom is 0.416 e. The number of benzene rings is 2. The van der Waals surface area contributed by atoms with E-state index in [0.29, 0.717) is 24.2 Å². The number of imidazole rings is 1. The Balaban J connectivity index is 1.69. The average molecular weight is 526 g/mol. The average Bonchev–Trinajstić information content (AvgIpc) is 3.54. The minimum atomic E-state index is -4.46. The summed E-state index contributed by atoms with van der Waals surface area (Å²) in [6, 6.07) is 10.9. The summed E-state index contributed by atoms with van der Waals surface area (Å²) in [6.07, 6.45) is -3.18. The van der Waals surface area contributed by atoms with Crippen LogP contribution in [0.15, 0.2) is 48.5 Å². The second-order valence-corrected chi connectivity index (χ2v) is 9.86. The van der Waals surface area contributed by atoms with Crippen LogP contribution in [0.4, 0.5) is 13.2 Å². The molecule has 1 heterocycles. The number of carbonyl (C=O) groups is 2. The maximum atomic E-state index is 13.7. The SMILES string of the molecule is Cc1nc(C#CC(C)(C)O)c(C(=O)NC2(c3ccc(C(=O)O)cc3)CC2)n1Cc1ccc(C(F)(F)F)cc1. The van der Waals surface area contributed by atoms with Crippen molar-refractivity contribution in [1.82, 2.24) is 14.9 Å². The fourth-order valence-corrected chi connectivity index (χ4v) is 4.09. The van der Waals surface area contributed by atoms with Crippen LogP contribution in [0.25, 0.3) is 0 Å². The highest BCUT2D eigenvalue weighted by atomic mass is 19.4. The van der Waals surface area contributed by atoms with E-state index in [0.717, 1.165) is 17.7 Å². The van der Waals surface area contributed by atoms with Crippen LogP contribution < -0.4 is 5.32 Å². The molecule has 2 aromatic carbocycles. The zero-order chi connectivity index (χ0) is 27.9. The number of alkyl halides is 3. The summed E-state index contributed by atoms with van der Waals surface area (Å²) < 4.78 is 40.6. The molecule has 1 fully saturated rings. The number of carboxylic acid groups (broad SMARTS) is 1. The second-order valence-electron chi connectivity index (χ2n) is 9.86. The Labute approximate surface area is 217 Å². The van der Waals surface area contributed by atoms with E-state index in [4.69, 9.17) is 5.11 Å². The molecule has 1 saturated carbocycles. The summed E-state index contributed by atoms with van der Waals surface area (Å²) in [5.41, 5.74) is -1.15. The number of hydrogen-bond acceptors (Lipinski definition) is 4. The monoisotopic (exact) mass is 525 g/mol. The number of carbonyl (C=O) groups excluding carboxylic acids is 1. The Kier molecular flexibility index (Phi) is 6.84. The summed E-state index contributed by atoms with van der Waals surface area (Å²) in [6.45, 7) is 4.72. The molecular formula is C28H26F3N3O4. The molecule has 0 unspecified atom stereocenters. The van der Waals surface area contributed by atoms with E-state index < -0.39 is 34.8 Å². The molecule has 1 amide bonds. The van der Waals surface area contributed by atoms with E-state index in [1.807, 2.05) is 0 Å². The van der Waals surface area contributed by atoms with Gasteiger partial charge in [0.25, 0.3) is 5.91 Å². The maximum absolute atomic E-state index is 13.7. The van der Waals surface area contributed by atoms with E-state index >= 15 is 0 Å². The van der Waals surface area contributed by atoms with Crippen LogP contribution in [0.1, 0.15) is 75.7 Å². The van der Waals surface area contributed by atoms with Gasteiger partial charge in [0.05, 0.1) is 16.7 Å². The first-order chi connectivity index (χ1) is 17.7. The number of aromatic nitrogens is 2. The lowest BCUT2D eigenvalue weighted by molar-refractivity contribution is -0.137. The van der Waals surface area contributed by atoms with Gasteiger partial charge in [-0.25, -0.2) is 9.78 Å². The lowest BCUT2D eigenvalue weighted by Gasteiger charge is -2.19. The quantitative estimate of drug-likeness (QED) is 0.411. The van der Waals surface area contributed by atoms with Crippen LogP contribution in [0.3, 0.4) is 0 Å². The van der Waals surface area contributed by atoms with Crippen molar-refractivity contribution in [3.63, 3.8) is 0 Å². The molecule has 0 bridgehead atoms. The molecule has 1 aromatic heterocycles. The van der Waals surface area contributed by atoms with E-state index in [-0.39, 0.29) is 23.5 Å². The zero-order valence-electron chi connectivity index (χ0n) is 21.0. The number of nitrogens with zero attached hydrogens (tertiary/aromatic N) is 2. The third kappa shape index (κ3) is 5.89. The van der Waals surface area contributed by atoms with Crippen LogP contribution in [0.5, 0.6) is 0 Å². The Morgan fingerprint density at radius 1 is 1.08 bits per heavy atom. The number of rotatable bonds is 6. The number of aliphatic hydroxyl groups is 1. The first kappa shape index (κ1) is 26.9. The molecule has 7 nitrogen and oxygen atoms in total. The number of aryl methyl sites for hydroxylation is 1. The first-order valence-corrected chi connectivity index (χ1v) is 11.8. The summed E-state index contributed by atoms with van der Waals surface area (Å²) in [5.74, 6) is 4.31. The molecule has 198 valence electrons. The molecule has 10 heteroatoms. The van der Waals surface area contributed by atoms with Gasteiger partial charge in [-0.05, 0) is 74.9 Å². The van der Waals surface area contributed by atoms with E-state index in [1.165, 1.54) is 38.1 Å². The predicted octanol–water partition coefficient (Wildman–Crippen LogP) is 4.50. The van der Waals surface area contributed by atoms with Gasteiger partial charge in [0, 0.05) is 6.54 Å². The lowest BCUT2D eigenvalue weighted by atomic mass is 10.0. The fraction of sp³-hybridized carbons (Fsp3) is 0.321. The highest BCUT2D eigenvalue weighted by molar-refractivity contribution is 5.96. The van der Waals surface area contributed by atoms with Gasteiger partial charge >= 0.3 is 12.1 Å². The third-order valence-corrected chi connectivity index (χ3v) is 6.27. The van der Waals surface area contributed by atoms with E-state index in [1.54, 1.807) is 23.6 Å². The van der Waals surface area contributed by atoms with Crippen molar-refractivity contribution in [1.29, 1.82) is 0 Å². The van der Waals surface area contributed by atoms with E-state index in [9.17, 15) is 27.9 Å². The largest absolute Gasteiger partial charge is 0.478 e. The van der Waals surface area contributed by atoms with Crippen molar-refractivity contribution in [2.75, 3.05) is 0 Å². The molecule has 0 atom stereocenters. The normalized spacial score (nSPS) is 14.4. The van der Waals surface area contributed by atoms with Crippen LogP contribution in [0, 0.1) is 18.8 Å². The molecule has 0 aliphatic heterocycles. The second kappa shape index (κ2) is 9.65. The molecule has 1 aliphatic carbocycles. The van der Waals surface area contributed by atoms with Crippen LogP contribution in [-0.4, -0.2) is 37.2 Å². The molecule has 1 aliphatic rings. The Hall–Kier alpha value is -4.10.